The Morgan fingerprint density at radius 1 is 1.42 bits per heavy atom. The molecule has 0 radical (unpaired) electrons. The van der Waals surface area contributed by atoms with Gasteiger partial charge in [-0.2, -0.15) is 0 Å². The van der Waals surface area contributed by atoms with Crippen LogP contribution in [-0.4, -0.2) is 66.2 Å². The maximum Gasteiger partial charge on any atom is 0.317 e. The Hall–Kier alpha value is -1.30. The van der Waals surface area contributed by atoms with E-state index in [1.807, 2.05) is 32.8 Å². The van der Waals surface area contributed by atoms with Crippen molar-refractivity contribution < 1.29 is 14.7 Å². The summed E-state index contributed by atoms with van der Waals surface area (Å²) in [5.41, 5.74) is -0.127. The molecule has 1 atom stereocenters. The standard InChI is InChI=1S/C13H25N3O3/c1-13(2,15(3)4)9-14-12(19)16-7-5-6-10(8-16)11(17)18/h10H,5-9H2,1-4H3,(H,14,19)(H,17,18). The fraction of sp³-hybridized carbons (Fsp3) is 0.846. The number of urea groups is 1. The number of amides is 2. The third kappa shape index (κ3) is 4.38. The summed E-state index contributed by atoms with van der Waals surface area (Å²) in [6, 6.07) is -0.166. The molecule has 0 saturated carbocycles. The van der Waals surface area contributed by atoms with Gasteiger partial charge < -0.3 is 20.2 Å². The van der Waals surface area contributed by atoms with E-state index < -0.39 is 11.9 Å². The normalized spacial score (nSPS) is 20.5. The average molecular weight is 271 g/mol. The highest BCUT2D eigenvalue weighted by molar-refractivity contribution is 5.76. The molecule has 2 amide bonds. The van der Waals surface area contributed by atoms with Crippen molar-refractivity contribution >= 4 is 12.0 Å². The highest BCUT2D eigenvalue weighted by Crippen LogP contribution is 2.17. The lowest BCUT2D eigenvalue weighted by molar-refractivity contribution is -0.143. The number of rotatable bonds is 4. The Morgan fingerprint density at radius 3 is 2.58 bits per heavy atom. The molecule has 1 fully saturated rings. The van der Waals surface area contributed by atoms with E-state index in [4.69, 9.17) is 5.11 Å². The first-order valence-corrected chi connectivity index (χ1v) is 6.67. The number of carbonyl (C=O) groups is 2. The number of carbonyl (C=O) groups excluding carboxylic acids is 1. The number of likely N-dealkylation sites (tertiary alicyclic amines) is 1. The minimum atomic E-state index is -0.814. The van der Waals surface area contributed by atoms with Crippen LogP contribution in [0.25, 0.3) is 0 Å². The molecule has 0 bridgehead atoms. The molecule has 1 aliphatic rings. The number of carboxylic acid groups (broad SMARTS) is 1. The molecule has 1 aliphatic heterocycles. The van der Waals surface area contributed by atoms with E-state index in [1.54, 1.807) is 4.90 Å². The maximum atomic E-state index is 12.0. The number of aliphatic carboxylic acids is 1. The van der Waals surface area contributed by atoms with Gasteiger partial charge in [-0.1, -0.05) is 0 Å². The van der Waals surface area contributed by atoms with Gasteiger partial charge in [0.25, 0.3) is 0 Å². The van der Waals surface area contributed by atoms with Crippen LogP contribution < -0.4 is 5.32 Å². The zero-order valence-corrected chi connectivity index (χ0v) is 12.3. The molecule has 2 N–H and O–H groups in total. The number of piperidine rings is 1. The molecule has 0 aromatic heterocycles. The summed E-state index contributed by atoms with van der Waals surface area (Å²) >= 11 is 0. The predicted molar refractivity (Wildman–Crippen MR) is 73.1 cm³/mol. The number of likely N-dealkylation sites (N-methyl/N-ethyl adjacent to an activating group) is 1. The summed E-state index contributed by atoms with van der Waals surface area (Å²) in [5.74, 6) is -1.24. The number of carboxylic acids is 1. The van der Waals surface area contributed by atoms with E-state index >= 15 is 0 Å². The highest BCUT2D eigenvalue weighted by atomic mass is 16.4. The van der Waals surface area contributed by atoms with Crippen LogP contribution in [0.3, 0.4) is 0 Å². The maximum absolute atomic E-state index is 12.0. The summed E-state index contributed by atoms with van der Waals surface area (Å²) in [6.07, 6.45) is 1.41. The van der Waals surface area contributed by atoms with Crippen LogP contribution in [0.4, 0.5) is 4.79 Å². The van der Waals surface area contributed by atoms with E-state index in [0.717, 1.165) is 6.42 Å². The van der Waals surface area contributed by atoms with Crippen LogP contribution in [0.1, 0.15) is 26.7 Å². The summed E-state index contributed by atoms with van der Waals surface area (Å²) < 4.78 is 0. The molecule has 110 valence electrons. The first kappa shape index (κ1) is 15.8. The molecule has 0 aliphatic carbocycles. The Labute approximate surface area is 114 Å². The number of hydrogen-bond donors (Lipinski definition) is 2. The largest absolute Gasteiger partial charge is 0.481 e. The van der Waals surface area contributed by atoms with E-state index in [2.05, 4.69) is 5.32 Å². The van der Waals surface area contributed by atoms with Crippen molar-refractivity contribution in [3.05, 3.63) is 0 Å². The van der Waals surface area contributed by atoms with Crippen LogP contribution in [0, 0.1) is 5.92 Å². The zero-order valence-electron chi connectivity index (χ0n) is 12.3. The van der Waals surface area contributed by atoms with Gasteiger partial charge in [-0.25, -0.2) is 4.79 Å². The molecular formula is C13H25N3O3. The molecular weight excluding hydrogens is 246 g/mol. The van der Waals surface area contributed by atoms with Gasteiger partial charge in [-0.3, -0.25) is 4.79 Å². The van der Waals surface area contributed by atoms with Gasteiger partial charge in [0.15, 0.2) is 0 Å². The monoisotopic (exact) mass is 271 g/mol. The predicted octanol–water partition coefficient (Wildman–Crippen LogP) is 0.833. The average Bonchev–Trinajstić information content (AvgIpc) is 2.36. The smallest absolute Gasteiger partial charge is 0.317 e. The third-order valence-corrected chi connectivity index (χ3v) is 3.94. The van der Waals surface area contributed by atoms with E-state index in [1.165, 1.54) is 0 Å². The van der Waals surface area contributed by atoms with Crippen molar-refractivity contribution in [1.82, 2.24) is 15.1 Å². The second-order valence-corrected chi connectivity index (χ2v) is 5.99. The molecule has 6 heteroatoms. The van der Waals surface area contributed by atoms with E-state index in [9.17, 15) is 9.59 Å². The molecule has 1 saturated heterocycles. The number of nitrogens with zero attached hydrogens (tertiary/aromatic N) is 2. The molecule has 0 aromatic rings. The Kier molecular flexibility index (Phi) is 5.17. The van der Waals surface area contributed by atoms with Crippen LogP contribution in [0.5, 0.6) is 0 Å². The second-order valence-electron chi connectivity index (χ2n) is 5.99. The minimum Gasteiger partial charge on any atom is -0.481 e. The summed E-state index contributed by atoms with van der Waals surface area (Å²) in [7, 11) is 3.93. The van der Waals surface area contributed by atoms with Gasteiger partial charge in [-0.15, -0.1) is 0 Å². The minimum absolute atomic E-state index is 0.127. The van der Waals surface area contributed by atoms with Crippen molar-refractivity contribution in [1.29, 1.82) is 0 Å². The fourth-order valence-electron chi connectivity index (χ4n) is 1.93. The molecule has 1 heterocycles. The van der Waals surface area contributed by atoms with Crippen molar-refractivity contribution in [2.45, 2.75) is 32.2 Å². The highest BCUT2D eigenvalue weighted by Gasteiger charge is 2.29. The quantitative estimate of drug-likeness (QED) is 0.794. The lowest BCUT2D eigenvalue weighted by Crippen LogP contribution is -2.53. The van der Waals surface area contributed by atoms with E-state index in [-0.39, 0.29) is 11.6 Å². The first-order chi connectivity index (χ1) is 8.74. The molecule has 6 nitrogen and oxygen atoms in total. The fourth-order valence-corrected chi connectivity index (χ4v) is 1.93. The molecule has 1 unspecified atom stereocenters. The van der Waals surface area contributed by atoms with E-state index in [0.29, 0.717) is 26.1 Å². The lowest BCUT2D eigenvalue weighted by Gasteiger charge is -2.35. The van der Waals surface area contributed by atoms with Gasteiger partial charge >= 0.3 is 12.0 Å². The summed E-state index contributed by atoms with van der Waals surface area (Å²) in [6.45, 7) is 5.57. The van der Waals surface area contributed by atoms with Gasteiger partial charge in [0.2, 0.25) is 0 Å². The third-order valence-electron chi connectivity index (χ3n) is 3.94. The lowest BCUT2D eigenvalue weighted by atomic mass is 9.98. The van der Waals surface area contributed by atoms with Crippen LogP contribution >= 0.6 is 0 Å². The molecule has 1 rings (SSSR count). The van der Waals surface area contributed by atoms with Crippen molar-refractivity contribution in [3.63, 3.8) is 0 Å². The van der Waals surface area contributed by atoms with Crippen LogP contribution in [0.2, 0.25) is 0 Å². The van der Waals surface area contributed by atoms with Crippen molar-refractivity contribution in [2.24, 2.45) is 5.92 Å². The Bertz CT molecular complexity index is 342. The first-order valence-electron chi connectivity index (χ1n) is 6.67. The Balaban J connectivity index is 2.47. The molecule has 0 aromatic carbocycles. The molecule has 0 spiro atoms. The topological polar surface area (TPSA) is 72.9 Å². The van der Waals surface area contributed by atoms with Crippen LogP contribution in [0.15, 0.2) is 0 Å². The van der Waals surface area contributed by atoms with Crippen LogP contribution in [-0.2, 0) is 4.79 Å². The van der Waals surface area contributed by atoms with Crippen molar-refractivity contribution in [3.8, 4) is 0 Å². The number of nitrogens with one attached hydrogen (secondary N) is 1. The summed E-state index contributed by atoms with van der Waals surface area (Å²) in [4.78, 5) is 26.7. The SMILES string of the molecule is CN(C)C(C)(C)CNC(=O)N1CCCC(C(=O)O)C1. The number of hydrogen-bond acceptors (Lipinski definition) is 3. The second kappa shape index (κ2) is 6.23. The molecule has 19 heavy (non-hydrogen) atoms. The van der Waals surface area contributed by atoms with Gasteiger partial charge in [0.1, 0.15) is 0 Å². The zero-order chi connectivity index (χ0) is 14.6. The summed E-state index contributed by atoms with van der Waals surface area (Å²) in [5, 5.41) is 11.9. The Morgan fingerprint density at radius 2 is 2.05 bits per heavy atom. The van der Waals surface area contributed by atoms with Gasteiger partial charge in [0, 0.05) is 25.2 Å². The van der Waals surface area contributed by atoms with Gasteiger partial charge in [0.05, 0.1) is 5.92 Å². The van der Waals surface area contributed by atoms with Crippen molar-refractivity contribution in [2.75, 3.05) is 33.7 Å². The van der Waals surface area contributed by atoms with Gasteiger partial charge in [-0.05, 0) is 40.8 Å².